The number of rotatable bonds is 7. The number of esters is 1. The van der Waals surface area contributed by atoms with E-state index in [2.05, 4.69) is 0 Å². The fourth-order valence-corrected chi connectivity index (χ4v) is 3.93. The molecule has 3 rings (SSSR count). The van der Waals surface area contributed by atoms with Crippen LogP contribution in [0.5, 0.6) is 0 Å². The fraction of sp³-hybridized carbons (Fsp3) is 0.650. The molecular weight excluding hydrogens is 332 g/mol. The number of Topliss-reactive ketones (excluding diaryl/α,β-unsaturated/α-hetero) is 1. The standard InChI is InChI=1S/C20H28N2O4/c1-6-21-12(3)16(11(2)17(21)20(25)26-5)18(23)13(4)22(15-9-10-15)19(24)14-7-8-14/h13-15H,6-10H2,1-5H3. The van der Waals surface area contributed by atoms with Crippen LogP contribution in [0.4, 0.5) is 0 Å². The number of ketones is 1. The molecule has 2 fully saturated rings. The summed E-state index contributed by atoms with van der Waals surface area (Å²) >= 11 is 0. The highest BCUT2D eigenvalue weighted by atomic mass is 16.5. The third-order valence-electron chi connectivity index (χ3n) is 5.63. The average Bonchev–Trinajstić information content (AvgIpc) is 3.51. The van der Waals surface area contributed by atoms with Crippen LogP contribution in [0, 0.1) is 19.8 Å². The van der Waals surface area contributed by atoms with E-state index in [1.807, 2.05) is 25.3 Å². The highest BCUT2D eigenvalue weighted by Crippen LogP contribution is 2.38. The van der Waals surface area contributed by atoms with Gasteiger partial charge in [-0.1, -0.05) is 0 Å². The van der Waals surface area contributed by atoms with Gasteiger partial charge in [-0.15, -0.1) is 0 Å². The molecule has 0 spiro atoms. The highest BCUT2D eigenvalue weighted by molar-refractivity contribution is 6.06. The van der Waals surface area contributed by atoms with Crippen LogP contribution in [0.1, 0.15) is 71.6 Å². The number of ether oxygens (including phenoxy) is 1. The molecule has 1 aromatic heterocycles. The predicted octanol–water partition coefficient (Wildman–Crippen LogP) is 2.88. The summed E-state index contributed by atoms with van der Waals surface area (Å²) in [6, 6.07) is -0.317. The van der Waals surface area contributed by atoms with Crippen molar-refractivity contribution in [3.8, 4) is 0 Å². The van der Waals surface area contributed by atoms with Crippen molar-refractivity contribution in [1.29, 1.82) is 0 Å². The van der Waals surface area contributed by atoms with Crippen LogP contribution < -0.4 is 0 Å². The zero-order chi connectivity index (χ0) is 19.2. The van der Waals surface area contributed by atoms with Gasteiger partial charge in [-0.3, -0.25) is 9.59 Å². The van der Waals surface area contributed by atoms with Crippen LogP contribution in [0.15, 0.2) is 0 Å². The maximum absolute atomic E-state index is 13.3. The number of carbonyl (C=O) groups is 3. The van der Waals surface area contributed by atoms with Crippen molar-refractivity contribution < 1.29 is 19.1 Å². The van der Waals surface area contributed by atoms with Crippen molar-refractivity contribution >= 4 is 17.7 Å². The van der Waals surface area contributed by atoms with E-state index in [0.717, 1.165) is 31.4 Å². The number of hydrogen-bond acceptors (Lipinski definition) is 4. The van der Waals surface area contributed by atoms with Gasteiger partial charge < -0.3 is 14.2 Å². The molecule has 2 saturated carbocycles. The van der Waals surface area contributed by atoms with Crippen molar-refractivity contribution in [1.82, 2.24) is 9.47 Å². The van der Waals surface area contributed by atoms with Gasteiger partial charge in [-0.25, -0.2) is 4.79 Å². The van der Waals surface area contributed by atoms with Crippen molar-refractivity contribution in [2.75, 3.05) is 7.11 Å². The van der Waals surface area contributed by atoms with E-state index in [9.17, 15) is 14.4 Å². The highest BCUT2D eigenvalue weighted by Gasteiger charge is 2.44. The first-order valence-electron chi connectivity index (χ1n) is 9.47. The van der Waals surface area contributed by atoms with Gasteiger partial charge in [0, 0.05) is 29.8 Å². The molecule has 2 aliphatic carbocycles. The Balaban J connectivity index is 1.97. The van der Waals surface area contributed by atoms with Crippen molar-refractivity contribution in [2.45, 2.75) is 72.0 Å². The summed E-state index contributed by atoms with van der Waals surface area (Å²) in [7, 11) is 1.34. The number of carbonyl (C=O) groups excluding carboxylic acids is 3. The summed E-state index contributed by atoms with van der Waals surface area (Å²) in [5.41, 5.74) is 2.38. The summed E-state index contributed by atoms with van der Waals surface area (Å²) < 4.78 is 6.73. The molecular formula is C20H28N2O4. The first-order chi connectivity index (χ1) is 12.3. The van der Waals surface area contributed by atoms with Crippen LogP contribution in [-0.4, -0.2) is 46.3 Å². The first-order valence-corrected chi connectivity index (χ1v) is 9.47. The molecule has 6 heteroatoms. The maximum Gasteiger partial charge on any atom is 0.354 e. The normalized spacial score (nSPS) is 17.7. The first kappa shape index (κ1) is 18.7. The predicted molar refractivity (Wildman–Crippen MR) is 97.3 cm³/mol. The van der Waals surface area contributed by atoms with E-state index in [4.69, 9.17) is 4.74 Å². The molecule has 6 nitrogen and oxygen atoms in total. The van der Waals surface area contributed by atoms with Gasteiger partial charge in [-0.2, -0.15) is 0 Å². The minimum Gasteiger partial charge on any atom is -0.464 e. The Labute approximate surface area is 154 Å². The lowest BCUT2D eigenvalue weighted by atomic mass is 9.99. The van der Waals surface area contributed by atoms with Gasteiger partial charge >= 0.3 is 5.97 Å². The van der Waals surface area contributed by atoms with Gasteiger partial charge in [0.05, 0.1) is 13.2 Å². The zero-order valence-corrected chi connectivity index (χ0v) is 16.3. The largest absolute Gasteiger partial charge is 0.464 e. The van der Waals surface area contributed by atoms with Crippen LogP contribution in [-0.2, 0) is 16.1 Å². The van der Waals surface area contributed by atoms with Crippen LogP contribution in [0.3, 0.4) is 0 Å². The Morgan fingerprint density at radius 2 is 1.81 bits per heavy atom. The molecule has 142 valence electrons. The van der Waals surface area contributed by atoms with Crippen LogP contribution in [0.25, 0.3) is 0 Å². The molecule has 26 heavy (non-hydrogen) atoms. The summed E-state index contributed by atoms with van der Waals surface area (Å²) in [5.74, 6) is -0.309. The number of aromatic nitrogens is 1. The minimum absolute atomic E-state index is 0.0850. The van der Waals surface area contributed by atoms with Gasteiger partial charge in [0.15, 0.2) is 5.78 Å². The van der Waals surface area contributed by atoms with E-state index < -0.39 is 12.0 Å². The number of amides is 1. The van der Waals surface area contributed by atoms with Crippen LogP contribution in [0.2, 0.25) is 0 Å². The van der Waals surface area contributed by atoms with E-state index in [1.165, 1.54) is 7.11 Å². The molecule has 0 radical (unpaired) electrons. The minimum atomic E-state index is -0.508. The average molecular weight is 360 g/mol. The van der Waals surface area contributed by atoms with Crippen molar-refractivity contribution in [3.05, 3.63) is 22.5 Å². The fourth-order valence-electron chi connectivity index (χ4n) is 3.93. The SMILES string of the molecule is CCn1c(C)c(C(=O)C(C)N(C(=O)C2CC2)C2CC2)c(C)c1C(=O)OC. The van der Waals surface area contributed by atoms with Gasteiger partial charge in [0.25, 0.3) is 0 Å². The molecule has 2 aliphatic rings. The maximum atomic E-state index is 13.3. The summed E-state index contributed by atoms with van der Waals surface area (Å²) in [5, 5.41) is 0. The molecule has 0 aliphatic heterocycles. The third kappa shape index (κ3) is 3.06. The molecule has 1 aromatic rings. The molecule has 0 saturated heterocycles. The van der Waals surface area contributed by atoms with Gasteiger partial charge in [0.1, 0.15) is 5.69 Å². The lowest BCUT2D eigenvalue weighted by Gasteiger charge is -2.29. The summed E-state index contributed by atoms with van der Waals surface area (Å²) in [4.78, 5) is 40.1. The smallest absolute Gasteiger partial charge is 0.354 e. The Kier molecular flexibility index (Phi) is 4.95. The van der Waals surface area contributed by atoms with Gasteiger partial charge in [0.2, 0.25) is 5.91 Å². The molecule has 1 heterocycles. The van der Waals surface area contributed by atoms with Crippen molar-refractivity contribution in [2.24, 2.45) is 5.92 Å². The quantitative estimate of drug-likeness (QED) is 0.554. The molecule has 0 N–H and O–H groups in total. The second-order valence-corrected chi connectivity index (χ2v) is 7.46. The Morgan fingerprint density at radius 3 is 2.27 bits per heavy atom. The second-order valence-electron chi connectivity index (χ2n) is 7.46. The molecule has 0 aromatic carbocycles. The van der Waals surface area contributed by atoms with E-state index >= 15 is 0 Å². The zero-order valence-electron chi connectivity index (χ0n) is 16.3. The number of nitrogens with zero attached hydrogens (tertiary/aromatic N) is 2. The van der Waals surface area contributed by atoms with Crippen LogP contribution >= 0.6 is 0 Å². The Hall–Kier alpha value is -2.11. The molecule has 1 atom stereocenters. The number of methoxy groups -OCH3 is 1. The third-order valence-corrected chi connectivity index (χ3v) is 5.63. The van der Waals surface area contributed by atoms with E-state index in [0.29, 0.717) is 23.4 Å². The second kappa shape index (κ2) is 6.89. The van der Waals surface area contributed by atoms with E-state index in [-0.39, 0.29) is 23.7 Å². The summed E-state index contributed by atoms with van der Waals surface area (Å²) in [6.45, 7) is 7.97. The summed E-state index contributed by atoms with van der Waals surface area (Å²) in [6.07, 6.45) is 3.80. The lowest BCUT2D eigenvalue weighted by Crippen LogP contribution is -2.45. The van der Waals surface area contributed by atoms with Gasteiger partial charge in [-0.05, 0) is 58.9 Å². The molecule has 0 bridgehead atoms. The topological polar surface area (TPSA) is 68.6 Å². The Bertz CT molecular complexity index is 756. The lowest BCUT2D eigenvalue weighted by molar-refractivity contribution is -0.134. The van der Waals surface area contributed by atoms with E-state index in [1.54, 1.807) is 11.8 Å². The Morgan fingerprint density at radius 1 is 1.19 bits per heavy atom. The number of hydrogen-bond donors (Lipinski definition) is 0. The molecule has 1 unspecified atom stereocenters. The molecule has 1 amide bonds. The monoisotopic (exact) mass is 360 g/mol. The van der Waals surface area contributed by atoms with Crippen molar-refractivity contribution in [3.63, 3.8) is 0 Å².